The summed E-state index contributed by atoms with van der Waals surface area (Å²) in [6.45, 7) is 4.91. The lowest BCUT2D eigenvalue weighted by atomic mass is 10.0. The highest BCUT2D eigenvalue weighted by atomic mass is 16.5. The summed E-state index contributed by atoms with van der Waals surface area (Å²) in [4.78, 5) is 24.3. The molecule has 0 saturated heterocycles. The summed E-state index contributed by atoms with van der Waals surface area (Å²) in [6.07, 6.45) is 44.9. The SMILES string of the molecule is CCCCCCCCCCCCCC(=O)OCCCCCCCCCCCCCCCCC(=O)NC(CO)C(O)CCCCCCCCCCCC. The van der Waals surface area contributed by atoms with Crippen LogP contribution >= 0.6 is 0 Å². The summed E-state index contributed by atoms with van der Waals surface area (Å²) in [6, 6.07) is -0.545. The molecule has 6 nitrogen and oxygen atoms in total. The molecular weight excluding hydrogens is 647 g/mol. The largest absolute Gasteiger partial charge is 0.466 e. The zero-order valence-electron chi connectivity index (χ0n) is 35.1. The van der Waals surface area contributed by atoms with Crippen LogP contribution in [0.15, 0.2) is 0 Å². The van der Waals surface area contributed by atoms with Crippen molar-refractivity contribution in [2.45, 2.75) is 270 Å². The lowest BCUT2D eigenvalue weighted by Gasteiger charge is -2.22. The molecular formula is C46H91NO5. The number of nitrogens with one attached hydrogen (secondary N) is 1. The topological polar surface area (TPSA) is 95.9 Å². The Morgan fingerprint density at radius 1 is 0.462 bits per heavy atom. The van der Waals surface area contributed by atoms with Crippen molar-refractivity contribution < 1.29 is 24.5 Å². The van der Waals surface area contributed by atoms with E-state index in [4.69, 9.17) is 4.74 Å². The molecule has 310 valence electrons. The van der Waals surface area contributed by atoms with Gasteiger partial charge in [-0.1, -0.05) is 219 Å². The Kier molecular flexibility index (Phi) is 41.7. The zero-order valence-corrected chi connectivity index (χ0v) is 35.1. The Morgan fingerprint density at radius 2 is 0.788 bits per heavy atom. The van der Waals surface area contributed by atoms with E-state index in [1.165, 1.54) is 173 Å². The molecule has 0 aromatic heterocycles. The molecule has 1 amide bonds. The Bertz CT molecular complexity index is 732. The smallest absolute Gasteiger partial charge is 0.305 e. The van der Waals surface area contributed by atoms with E-state index in [2.05, 4.69) is 19.2 Å². The van der Waals surface area contributed by atoms with Gasteiger partial charge in [0.05, 0.1) is 25.4 Å². The van der Waals surface area contributed by atoms with Gasteiger partial charge >= 0.3 is 5.97 Å². The van der Waals surface area contributed by atoms with Crippen molar-refractivity contribution in [3.8, 4) is 0 Å². The van der Waals surface area contributed by atoms with Gasteiger partial charge in [-0.2, -0.15) is 0 Å². The normalized spacial score (nSPS) is 12.6. The first kappa shape index (κ1) is 50.9. The Balaban J connectivity index is 3.42. The van der Waals surface area contributed by atoms with Gasteiger partial charge in [0.1, 0.15) is 0 Å². The summed E-state index contributed by atoms with van der Waals surface area (Å²) in [5.41, 5.74) is 0. The van der Waals surface area contributed by atoms with Gasteiger partial charge in [0.2, 0.25) is 5.91 Å². The molecule has 0 fully saturated rings. The molecule has 0 spiro atoms. The van der Waals surface area contributed by atoms with E-state index in [1.807, 2.05) is 0 Å². The quantitative estimate of drug-likeness (QED) is 0.0428. The van der Waals surface area contributed by atoms with Crippen LogP contribution in [0.4, 0.5) is 0 Å². The van der Waals surface area contributed by atoms with Crippen LogP contribution in [-0.2, 0) is 14.3 Å². The monoisotopic (exact) mass is 738 g/mol. The molecule has 0 bridgehead atoms. The van der Waals surface area contributed by atoms with E-state index in [0.717, 1.165) is 51.4 Å². The Labute approximate surface area is 324 Å². The highest BCUT2D eigenvalue weighted by molar-refractivity contribution is 5.76. The first-order chi connectivity index (χ1) is 25.5. The molecule has 52 heavy (non-hydrogen) atoms. The highest BCUT2D eigenvalue weighted by Gasteiger charge is 2.20. The summed E-state index contributed by atoms with van der Waals surface area (Å²) in [5.74, 6) is -0.0492. The molecule has 0 radical (unpaired) electrons. The van der Waals surface area contributed by atoms with Crippen LogP contribution in [-0.4, -0.2) is 47.4 Å². The minimum atomic E-state index is -0.667. The number of ether oxygens (including phenoxy) is 1. The van der Waals surface area contributed by atoms with Gasteiger partial charge in [0.15, 0.2) is 0 Å². The van der Waals surface area contributed by atoms with Crippen molar-refractivity contribution in [2.75, 3.05) is 13.2 Å². The average Bonchev–Trinajstić information content (AvgIpc) is 3.14. The number of carbonyl (C=O) groups excluding carboxylic acids is 2. The van der Waals surface area contributed by atoms with Crippen LogP contribution in [0.3, 0.4) is 0 Å². The molecule has 0 heterocycles. The second kappa shape index (κ2) is 42.6. The maximum Gasteiger partial charge on any atom is 0.305 e. The van der Waals surface area contributed by atoms with Crippen molar-refractivity contribution >= 4 is 11.9 Å². The van der Waals surface area contributed by atoms with Gasteiger partial charge in [-0.25, -0.2) is 0 Å². The number of amides is 1. The first-order valence-corrected chi connectivity index (χ1v) is 23.3. The fourth-order valence-corrected chi connectivity index (χ4v) is 7.29. The van der Waals surface area contributed by atoms with Crippen LogP contribution in [0.25, 0.3) is 0 Å². The number of unbranched alkanes of at least 4 members (excludes halogenated alkanes) is 32. The summed E-state index contributed by atoms with van der Waals surface area (Å²) in [5, 5.41) is 23.1. The van der Waals surface area contributed by atoms with Gasteiger partial charge in [0.25, 0.3) is 0 Å². The van der Waals surface area contributed by atoms with E-state index in [-0.39, 0.29) is 18.5 Å². The number of hydrogen-bond acceptors (Lipinski definition) is 5. The molecule has 0 rings (SSSR count). The standard InChI is InChI=1S/C46H91NO5/c1-3-5-7-9-11-13-19-24-28-32-36-40-46(51)52-41-37-33-29-25-21-18-16-15-17-20-23-27-31-35-39-45(50)47-43(42-48)44(49)38-34-30-26-22-14-12-10-8-6-4-2/h43-44,48-49H,3-42H2,1-2H3,(H,47,50). The van der Waals surface area contributed by atoms with Crippen molar-refractivity contribution in [1.29, 1.82) is 0 Å². The molecule has 2 atom stereocenters. The molecule has 6 heteroatoms. The number of esters is 1. The third kappa shape index (κ3) is 38.6. The van der Waals surface area contributed by atoms with Crippen molar-refractivity contribution in [2.24, 2.45) is 0 Å². The van der Waals surface area contributed by atoms with E-state index < -0.39 is 12.1 Å². The second-order valence-corrected chi connectivity index (χ2v) is 16.1. The summed E-state index contributed by atoms with van der Waals surface area (Å²) >= 11 is 0. The van der Waals surface area contributed by atoms with Crippen LogP contribution in [0, 0.1) is 0 Å². The maximum atomic E-state index is 12.4. The molecule has 0 aliphatic carbocycles. The van der Waals surface area contributed by atoms with Gasteiger partial charge in [0, 0.05) is 12.8 Å². The first-order valence-electron chi connectivity index (χ1n) is 23.3. The molecule has 2 unspecified atom stereocenters. The van der Waals surface area contributed by atoms with Crippen LogP contribution < -0.4 is 5.32 Å². The number of aliphatic hydroxyl groups excluding tert-OH is 2. The Hall–Kier alpha value is -1.14. The van der Waals surface area contributed by atoms with E-state index >= 15 is 0 Å². The number of carbonyl (C=O) groups is 2. The fourth-order valence-electron chi connectivity index (χ4n) is 7.29. The summed E-state index contributed by atoms with van der Waals surface area (Å²) < 4.78 is 5.44. The molecule has 3 N–H and O–H groups in total. The fraction of sp³-hybridized carbons (Fsp3) is 0.957. The average molecular weight is 738 g/mol. The van der Waals surface area contributed by atoms with Crippen LogP contribution in [0.2, 0.25) is 0 Å². The summed E-state index contributed by atoms with van der Waals surface area (Å²) in [7, 11) is 0. The highest BCUT2D eigenvalue weighted by Crippen LogP contribution is 2.16. The van der Waals surface area contributed by atoms with Crippen molar-refractivity contribution in [3.05, 3.63) is 0 Å². The number of hydrogen-bond donors (Lipinski definition) is 3. The van der Waals surface area contributed by atoms with E-state index in [9.17, 15) is 19.8 Å². The predicted molar refractivity (Wildman–Crippen MR) is 223 cm³/mol. The minimum absolute atomic E-state index is 0.00260. The lowest BCUT2D eigenvalue weighted by molar-refractivity contribution is -0.143. The zero-order chi connectivity index (χ0) is 38.0. The Morgan fingerprint density at radius 3 is 1.17 bits per heavy atom. The lowest BCUT2D eigenvalue weighted by Crippen LogP contribution is -2.45. The van der Waals surface area contributed by atoms with Crippen LogP contribution in [0.5, 0.6) is 0 Å². The molecule has 0 aliphatic rings. The van der Waals surface area contributed by atoms with Crippen molar-refractivity contribution in [3.63, 3.8) is 0 Å². The maximum absolute atomic E-state index is 12.4. The van der Waals surface area contributed by atoms with Gasteiger partial charge in [-0.3, -0.25) is 9.59 Å². The third-order valence-corrected chi connectivity index (χ3v) is 10.9. The third-order valence-electron chi connectivity index (χ3n) is 10.9. The van der Waals surface area contributed by atoms with Gasteiger partial charge < -0.3 is 20.3 Å². The van der Waals surface area contributed by atoms with Crippen LogP contribution in [0.1, 0.15) is 258 Å². The number of rotatable bonds is 43. The molecule has 0 aliphatic heterocycles. The number of aliphatic hydroxyl groups is 2. The van der Waals surface area contributed by atoms with Gasteiger partial charge in [-0.05, 0) is 25.7 Å². The molecule has 0 saturated carbocycles. The van der Waals surface area contributed by atoms with Gasteiger partial charge in [-0.15, -0.1) is 0 Å². The predicted octanol–water partition coefficient (Wildman–Crippen LogP) is 13.2. The minimum Gasteiger partial charge on any atom is -0.466 e. The molecule has 0 aromatic rings. The second-order valence-electron chi connectivity index (χ2n) is 16.1. The van der Waals surface area contributed by atoms with Crippen molar-refractivity contribution in [1.82, 2.24) is 5.32 Å². The molecule has 0 aromatic carbocycles. The van der Waals surface area contributed by atoms with E-state index in [1.54, 1.807) is 0 Å². The van der Waals surface area contributed by atoms with E-state index in [0.29, 0.717) is 25.9 Å².